The number of nitrogen functional groups attached to an aromatic ring is 1. The molecular weight excluding hydrogens is 258 g/mol. The fraction of sp³-hybridized carbons (Fsp3) is 0.286. The third kappa shape index (κ3) is 2.61. The van der Waals surface area contributed by atoms with Crippen molar-refractivity contribution in [1.29, 1.82) is 0 Å². The van der Waals surface area contributed by atoms with Crippen LogP contribution < -0.4 is 5.73 Å². The number of anilines is 1. The van der Waals surface area contributed by atoms with E-state index in [0.717, 1.165) is 15.7 Å². The number of amides is 1. The van der Waals surface area contributed by atoms with Crippen LogP contribution in [0.25, 0.3) is 10.1 Å². The monoisotopic (exact) mass is 275 g/mol. The van der Waals surface area contributed by atoms with E-state index in [-0.39, 0.29) is 5.91 Å². The molecule has 0 aliphatic rings. The number of carbonyl (C=O) groups is 1. The second kappa shape index (κ2) is 5.40. The van der Waals surface area contributed by atoms with Crippen molar-refractivity contribution in [2.45, 2.75) is 13.8 Å². The molecule has 2 rings (SSSR count). The molecule has 2 heterocycles. The Morgan fingerprint density at radius 3 is 2.89 bits per heavy atom. The number of nitrogens with two attached hydrogens (primary N) is 1. The number of likely N-dealkylation sites (N-methyl/N-ethyl adjacent to an activating group) is 1. The van der Waals surface area contributed by atoms with Crippen molar-refractivity contribution in [1.82, 2.24) is 9.88 Å². The Morgan fingerprint density at radius 2 is 2.32 bits per heavy atom. The first kappa shape index (κ1) is 13.5. The number of hydrogen-bond acceptors (Lipinski definition) is 4. The predicted octanol–water partition coefficient (Wildman–Crippen LogP) is 2.92. The summed E-state index contributed by atoms with van der Waals surface area (Å²) in [6.45, 7) is 8.91. The molecule has 0 unspecified atom stereocenters. The molecule has 4 nitrogen and oxygen atoms in total. The molecule has 0 bridgehead atoms. The van der Waals surface area contributed by atoms with Gasteiger partial charge in [-0.3, -0.25) is 9.78 Å². The van der Waals surface area contributed by atoms with Gasteiger partial charge in [0.25, 0.3) is 5.91 Å². The number of thiophene rings is 1. The largest absolute Gasteiger partial charge is 0.397 e. The average Bonchev–Trinajstić information content (AvgIpc) is 2.73. The van der Waals surface area contributed by atoms with Gasteiger partial charge in [0, 0.05) is 30.9 Å². The van der Waals surface area contributed by atoms with Gasteiger partial charge in [-0.2, -0.15) is 0 Å². The van der Waals surface area contributed by atoms with E-state index in [1.807, 2.05) is 19.9 Å². The Kier molecular flexibility index (Phi) is 3.85. The van der Waals surface area contributed by atoms with Gasteiger partial charge >= 0.3 is 0 Å². The molecule has 1 amide bonds. The van der Waals surface area contributed by atoms with E-state index in [2.05, 4.69) is 11.6 Å². The SMILES string of the molecule is C=C(C)CN(CC)C(=O)c1sc2cnccc2c1N. The molecule has 5 heteroatoms. The zero-order chi connectivity index (χ0) is 14.0. The number of rotatable bonds is 4. The van der Waals surface area contributed by atoms with Crippen LogP contribution in [-0.4, -0.2) is 28.9 Å². The molecule has 2 aromatic heterocycles. The number of nitrogens with zero attached hydrogens (tertiary/aromatic N) is 2. The van der Waals surface area contributed by atoms with Crippen molar-refractivity contribution in [2.75, 3.05) is 18.8 Å². The summed E-state index contributed by atoms with van der Waals surface area (Å²) < 4.78 is 0.940. The van der Waals surface area contributed by atoms with Gasteiger partial charge in [0.05, 0.1) is 10.4 Å². The summed E-state index contributed by atoms with van der Waals surface area (Å²) in [7, 11) is 0. The Morgan fingerprint density at radius 1 is 1.58 bits per heavy atom. The van der Waals surface area contributed by atoms with E-state index in [9.17, 15) is 4.79 Å². The minimum Gasteiger partial charge on any atom is -0.397 e. The third-order valence-electron chi connectivity index (χ3n) is 2.86. The Labute approximate surface area is 116 Å². The summed E-state index contributed by atoms with van der Waals surface area (Å²) in [4.78, 5) is 18.9. The number of carbonyl (C=O) groups excluding carboxylic acids is 1. The van der Waals surface area contributed by atoms with Crippen LogP contribution in [0.3, 0.4) is 0 Å². The highest BCUT2D eigenvalue weighted by Gasteiger charge is 2.21. The fourth-order valence-electron chi connectivity index (χ4n) is 1.93. The van der Waals surface area contributed by atoms with E-state index in [0.29, 0.717) is 23.7 Å². The van der Waals surface area contributed by atoms with Gasteiger partial charge in [0.1, 0.15) is 4.88 Å². The molecule has 19 heavy (non-hydrogen) atoms. The van der Waals surface area contributed by atoms with Crippen LogP contribution in [0.2, 0.25) is 0 Å². The van der Waals surface area contributed by atoms with Crippen molar-refractivity contribution >= 4 is 33.0 Å². The van der Waals surface area contributed by atoms with Crippen molar-refractivity contribution in [3.8, 4) is 0 Å². The van der Waals surface area contributed by atoms with Crippen molar-refractivity contribution in [3.05, 3.63) is 35.5 Å². The van der Waals surface area contributed by atoms with Crippen molar-refractivity contribution in [3.63, 3.8) is 0 Å². The van der Waals surface area contributed by atoms with Gasteiger partial charge in [-0.25, -0.2) is 0 Å². The summed E-state index contributed by atoms with van der Waals surface area (Å²) in [6.07, 6.45) is 3.42. The molecule has 0 radical (unpaired) electrons. The van der Waals surface area contributed by atoms with Gasteiger partial charge < -0.3 is 10.6 Å². The molecular formula is C14H17N3OS. The van der Waals surface area contributed by atoms with E-state index < -0.39 is 0 Å². The third-order valence-corrected chi connectivity index (χ3v) is 4.00. The van der Waals surface area contributed by atoms with Crippen molar-refractivity contribution < 1.29 is 4.79 Å². The van der Waals surface area contributed by atoms with Gasteiger partial charge in [-0.15, -0.1) is 11.3 Å². The molecule has 0 atom stereocenters. The Bertz CT molecular complexity index is 633. The van der Waals surface area contributed by atoms with Crippen LogP contribution in [-0.2, 0) is 0 Å². The lowest BCUT2D eigenvalue weighted by Gasteiger charge is -2.20. The quantitative estimate of drug-likeness (QED) is 0.873. The summed E-state index contributed by atoms with van der Waals surface area (Å²) >= 11 is 1.39. The molecule has 0 aliphatic heterocycles. The smallest absolute Gasteiger partial charge is 0.266 e. The standard InChI is InChI=1S/C14H17N3OS/c1-4-17(8-9(2)3)14(18)13-12(15)10-5-6-16-7-11(10)19-13/h5-7H,2,4,8,15H2,1,3H3. The topological polar surface area (TPSA) is 59.2 Å². The van der Waals surface area contributed by atoms with Crippen molar-refractivity contribution in [2.24, 2.45) is 0 Å². The minimum atomic E-state index is -0.0378. The van der Waals surface area contributed by atoms with E-state index in [4.69, 9.17) is 5.73 Å². The van der Waals surface area contributed by atoms with Gasteiger partial charge in [-0.05, 0) is 19.9 Å². The number of aromatic nitrogens is 1. The molecule has 0 saturated heterocycles. The van der Waals surface area contributed by atoms with E-state index >= 15 is 0 Å². The van der Waals surface area contributed by atoms with Crippen LogP contribution in [0.5, 0.6) is 0 Å². The molecule has 100 valence electrons. The maximum Gasteiger partial charge on any atom is 0.266 e. The average molecular weight is 275 g/mol. The zero-order valence-corrected chi connectivity index (χ0v) is 12.0. The van der Waals surface area contributed by atoms with Crippen LogP contribution in [0.1, 0.15) is 23.5 Å². The summed E-state index contributed by atoms with van der Waals surface area (Å²) in [5.74, 6) is -0.0378. The highest BCUT2D eigenvalue weighted by molar-refractivity contribution is 7.21. The molecule has 0 aliphatic carbocycles. The Balaban J connectivity index is 2.40. The summed E-state index contributed by atoms with van der Waals surface area (Å²) in [5, 5.41) is 0.898. The van der Waals surface area contributed by atoms with E-state index in [1.54, 1.807) is 17.3 Å². The lowest BCUT2D eigenvalue weighted by Crippen LogP contribution is -2.32. The highest BCUT2D eigenvalue weighted by atomic mass is 32.1. The lowest BCUT2D eigenvalue weighted by atomic mass is 10.2. The first-order valence-corrected chi connectivity index (χ1v) is 6.91. The summed E-state index contributed by atoms with van der Waals surface area (Å²) in [5.41, 5.74) is 7.58. The first-order chi connectivity index (χ1) is 9.04. The molecule has 0 aromatic carbocycles. The van der Waals surface area contributed by atoms with Gasteiger partial charge in [0.2, 0.25) is 0 Å². The summed E-state index contributed by atoms with van der Waals surface area (Å²) in [6, 6.07) is 1.84. The van der Waals surface area contributed by atoms with E-state index in [1.165, 1.54) is 11.3 Å². The van der Waals surface area contributed by atoms with Gasteiger partial charge in [0.15, 0.2) is 0 Å². The predicted molar refractivity (Wildman–Crippen MR) is 80.4 cm³/mol. The number of fused-ring (bicyclic) bond motifs is 1. The normalized spacial score (nSPS) is 10.6. The molecule has 2 aromatic rings. The van der Waals surface area contributed by atoms with Crippen LogP contribution in [0.15, 0.2) is 30.6 Å². The maximum atomic E-state index is 12.5. The van der Waals surface area contributed by atoms with Crippen LogP contribution in [0.4, 0.5) is 5.69 Å². The number of hydrogen-bond donors (Lipinski definition) is 1. The number of pyridine rings is 1. The molecule has 0 fully saturated rings. The highest BCUT2D eigenvalue weighted by Crippen LogP contribution is 2.33. The fourth-order valence-corrected chi connectivity index (χ4v) is 2.98. The second-order valence-corrected chi connectivity index (χ2v) is 5.55. The lowest BCUT2D eigenvalue weighted by molar-refractivity contribution is 0.0784. The zero-order valence-electron chi connectivity index (χ0n) is 11.1. The minimum absolute atomic E-state index is 0.0378. The van der Waals surface area contributed by atoms with Gasteiger partial charge in [-0.1, -0.05) is 12.2 Å². The Hall–Kier alpha value is -1.88. The second-order valence-electron chi connectivity index (χ2n) is 4.49. The maximum absolute atomic E-state index is 12.5. The molecule has 0 spiro atoms. The van der Waals surface area contributed by atoms with Crippen LogP contribution in [0, 0.1) is 0 Å². The molecule has 0 saturated carbocycles. The van der Waals surface area contributed by atoms with Crippen LogP contribution >= 0.6 is 11.3 Å². The molecule has 2 N–H and O–H groups in total. The first-order valence-electron chi connectivity index (χ1n) is 6.10.